The standard InChI is InChI=1S/C8H10BrF2NOS/c9-7-2-1-5(14-7)3-12-4-6(13)8(10)11/h1-2,6,8,12-13H,3-4H2. The molecular weight excluding hydrogens is 276 g/mol. The van der Waals surface area contributed by atoms with Crippen LogP contribution in [0.15, 0.2) is 15.9 Å². The van der Waals surface area contributed by atoms with Crippen LogP contribution in [-0.2, 0) is 6.54 Å². The van der Waals surface area contributed by atoms with Gasteiger partial charge in [-0.05, 0) is 28.1 Å². The number of alkyl halides is 2. The second kappa shape index (κ2) is 5.75. The number of nitrogens with one attached hydrogen (secondary N) is 1. The van der Waals surface area contributed by atoms with E-state index in [0.717, 1.165) is 8.66 Å². The Balaban J connectivity index is 2.22. The predicted octanol–water partition coefficient (Wildman–Crippen LogP) is 2.23. The molecule has 0 aliphatic heterocycles. The highest BCUT2D eigenvalue weighted by Gasteiger charge is 2.15. The van der Waals surface area contributed by atoms with E-state index < -0.39 is 12.5 Å². The van der Waals surface area contributed by atoms with Gasteiger partial charge in [-0.3, -0.25) is 0 Å². The SMILES string of the molecule is OC(CNCc1ccc(Br)s1)C(F)F. The van der Waals surface area contributed by atoms with Gasteiger partial charge in [0.2, 0.25) is 0 Å². The fourth-order valence-corrected chi connectivity index (χ4v) is 2.33. The normalized spacial score (nSPS) is 13.5. The van der Waals surface area contributed by atoms with E-state index in [4.69, 9.17) is 5.11 Å². The number of halogens is 3. The molecule has 0 aliphatic rings. The monoisotopic (exact) mass is 285 g/mol. The number of rotatable bonds is 5. The minimum absolute atomic E-state index is 0.0901. The van der Waals surface area contributed by atoms with Gasteiger partial charge in [0.15, 0.2) is 0 Å². The van der Waals surface area contributed by atoms with Crippen LogP contribution in [0.4, 0.5) is 8.78 Å². The lowest BCUT2D eigenvalue weighted by atomic mass is 10.3. The molecular formula is C8H10BrF2NOS. The molecule has 0 aliphatic carbocycles. The third-order valence-electron chi connectivity index (χ3n) is 1.57. The molecule has 2 N–H and O–H groups in total. The highest BCUT2D eigenvalue weighted by atomic mass is 79.9. The third kappa shape index (κ3) is 4.00. The Kier molecular flexibility index (Phi) is 4.94. The van der Waals surface area contributed by atoms with Crippen LogP contribution in [0.25, 0.3) is 0 Å². The van der Waals surface area contributed by atoms with Crippen LogP contribution in [0.5, 0.6) is 0 Å². The first-order valence-electron chi connectivity index (χ1n) is 4.00. The van der Waals surface area contributed by atoms with E-state index in [1.54, 1.807) is 0 Å². The van der Waals surface area contributed by atoms with Crippen molar-refractivity contribution < 1.29 is 13.9 Å². The second-order valence-electron chi connectivity index (χ2n) is 2.74. The van der Waals surface area contributed by atoms with Crippen molar-refractivity contribution in [2.75, 3.05) is 6.54 Å². The zero-order valence-electron chi connectivity index (χ0n) is 7.21. The summed E-state index contributed by atoms with van der Waals surface area (Å²) < 4.78 is 24.7. The Labute approximate surface area is 93.1 Å². The number of aliphatic hydroxyl groups excluding tert-OH is 1. The molecule has 0 saturated carbocycles. The molecule has 1 unspecified atom stereocenters. The Morgan fingerprint density at radius 1 is 1.50 bits per heavy atom. The molecule has 0 amide bonds. The summed E-state index contributed by atoms with van der Waals surface area (Å²) in [5, 5.41) is 11.5. The zero-order chi connectivity index (χ0) is 10.6. The van der Waals surface area contributed by atoms with Crippen LogP contribution in [-0.4, -0.2) is 24.2 Å². The van der Waals surface area contributed by atoms with Crippen molar-refractivity contribution in [3.63, 3.8) is 0 Å². The second-order valence-corrected chi connectivity index (χ2v) is 5.29. The minimum atomic E-state index is -2.68. The van der Waals surface area contributed by atoms with Crippen molar-refractivity contribution >= 4 is 27.3 Å². The summed E-state index contributed by atoms with van der Waals surface area (Å²) in [7, 11) is 0. The quantitative estimate of drug-likeness (QED) is 0.870. The summed E-state index contributed by atoms with van der Waals surface area (Å²) in [6.07, 6.45) is -4.27. The largest absolute Gasteiger partial charge is 0.386 e. The van der Waals surface area contributed by atoms with Gasteiger partial charge in [0.25, 0.3) is 6.43 Å². The van der Waals surface area contributed by atoms with Gasteiger partial charge in [-0.2, -0.15) is 0 Å². The van der Waals surface area contributed by atoms with Crippen molar-refractivity contribution in [3.05, 3.63) is 20.8 Å². The molecule has 1 aromatic rings. The van der Waals surface area contributed by atoms with Gasteiger partial charge >= 0.3 is 0 Å². The molecule has 0 spiro atoms. The van der Waals surface area contributed by atoms with Crippen molar-refractivity contribution in [1.29, 1.82) is 0 Å². The number of thiophene rings is 1. The van der Waals surface area contributed by atoms with Crippen LogP contribution in [0, 0.1) is 0 Å². The summed E-state index contributed by atoms with van der Waals surface area (Å²) in [5.41, 5.74) is 0. The van der Waals surface area contributed by atoms with Crippen LogP contribution < -0.4 is 5.32 Å². The summed E-state index contributed by atoms with van der Waals surface area (Å²) in [4.78, 5) is 1.04. The first-order chi connectivity index (χ1) is 6.59. The van der Waals surface area contributed by atoms with Gasteiger partial charge in [-0.15, -0.1) is 11.3 Å². The molecule has 0 fully saturated rings. The topological polar surface area (TPSA) is 32.3 Å². The molecule has 2 nitrogen and oxygen atoms in total. The van der Waals surface area contributed by atoms with E-state index in [-0.39, 0.29) is 6.54 Å². The molecule has 0 bridgehead atoms. The third-order valence-corrected chi connectivity index (χ3v) is 3.20. The Morgan fingerprint density at radius 3 is 2.71 bits per heavy atom. The maximum Gasteiger partial charge on any atom is 0.265 e. The van der Waals surface area contributed by atoms with Gasteiger partial charge in [0.1, 0.15) is 6.10 Å². The maximum atomic E-state index is 11.9. The maximum absolute atomic E-state index is 11.9. The van der Waals surface area contributed by atoms with E-state index in [1.165, 1.54) is 11.3 Å². The van der Waals surface area contributed by atoms with Gasteiger partial charge in [-0.25, -0.2) is 8.78 Å². The Hall–Kier alpha value is -0.0400. The summed E-state index contributed by atoms with van der Waals surface area (Å²) in [6.45, 7) is 0.410. The van der Waals surface area contributed by atoms with E-state index in [9.17, 15) is 8.78 Å². The van der Waals surface area contributed by atoms with Crippen molar-refractivity contribution in [2.24, 2.45) is 0 Å². The van der Waals surface area contributed by atoms with Crippen LogP contribution in [0.3, 0.4) is 0 Å². The fourth-order valence-electron chi connectivity index (χ4n) is 0.879. The Morgan fingerprint density at radius 2 is 2.21 bits per heavy atom. The van der Waals surface area contributed by atoms with Gasteiger partial charge in [-0.1, -0.05) is 0 Å². The van der Waals surface area contributed by atoms with Gasteiger partial charge in [0, 0.05) is 18.0 Å². The summed E-state index contributed by atoms with van der Waals surface area (Å²) in [6, 6.07) is 3.79. The molecule has 0 saturated heterocycles. The van der Waals surface area contributed by atoms with Gasteiger partial charge < -0.3 is 10.4 Å². The number of aliphatic hydroxyl groups is 1. The lowest BCUT2D eigenvalue weighted by molar-refractivity contribution is -0.00337. The van der Waals surface area contributed by atoms with Crippen molar-refractivity contribution in [2.45, 2.75) is 19.1 Å². The fraction of sp³-hybridized carbons (Fsp3) is 0.500. The van der Waals surface area contributed by atoms with E-state index >= 15 is 0 Å². The van der Waals surface area contributed by atoms with Gasteiger partial charge in [0.05, 0.1) is 3.79 Å². The van der Waals surface area contributed by atoms with E-state index in [1.807, 2.05) is 12.1 Å². The first-order valence-corrected chi connectivity index (χ1v) is 5.61. The minimum Gasteiger partial charge on any atom is -0.386 e. The smallest absolute Gasteiger partial charge is 0.265 e. The van der Waals surface area contributed by atoms with Crippen molar-refractivity contribution in [1.82, 2.24) is 5.32 Å². The summed E-state index contributed by atoms with van der Waals surface area (Å²) in [5.74, 6) is 0. The summed E-state index contributed by atoms with van der Waals surface area (Å²) >= 11 is 4.83. The lowest BCUT2D eigenvalue weighted by Gasteiger charge is -2.09. The molecule has 1 rings (SSSR count). The number of hydrogen-bond acceptors (Lipinski definition) is 3. The van der Waals surface area contributed by atoms with E-state index in [2.05, 4.69) is 21.2 Å². The molecule has 80 valence electrons. The van der Waals surface area contributed by atoms with Crippen LogP contribution in [0.1, 0.15) is 4.88 Å². The van der Waals surface area contributed by atoms with Crippen LogP contribution >= 0.6 is 27.3 Å². The van der Waals surface area contributed by atoms with E-state index in [0.29, 0.717) is 6.54 Å². The Bertz CT molecular complexity index is 282. The zero-order valence-corrected chi connectivity index (χ0v) is 9.62. The molecule has 1 heterocycles. The lowest BCUT2D eigenvalue weighted by Crippen LogP contribution is -2.31. The highest BCUT2D eigenvalue weighted by molar-refractivity contribution is 9.11. The molecule has 14 heavy (non-hydrogen) atoms. The average Bonchev–Trinajstić information content (AvgIpc) is 2.51. The first kappa shape index (κ1) is 12.0. The number of hydrogen-bond donors (Lipinski definition) is 2. The molecule has 1 aromatic heterocycles. The van der Waals surface area contributed by atoms with Crippen molar-refractivity contribution in [3.8, 4) is 0 Å². The molecule has 1 atom stereocenters. The molecule has 0 aromatic carbocycles. The average molecular weight is 286 g/mol. The highest BCUT2D eigenvalue weighted by Crippen LogP contribution is 2.21. The predicted molar refractivity (Wildman–Crippen MR) is 55.7 cm³/mol. The van der Waals surface area contributed by atoms with Crippen LogP contribution in [0.2, 0.25) is 0 Å². The molecule has 0 radical (unpaired) electrons. The molecule has 6 heteroatoms.